The first-order valence-electron chi connectivity index (χ1n) is 11.2. The van der Waals surface area contributed by atoms with Crippen LogP contribution in [0.3, 0.4) is 0 Å². The van der Waals surface area contributed by atoms with Gasteiger partial charge in [-0.3, -0.25) is 14.3 Å². The third-order valence-electron chi connectivity index (χ3n) is 6.28. The molecule has 0 saturated carbocycles. The van der Waals surface area contributed by atoms with E-state index in [1.807, 2.05) is 79.3 Å². The van der Waals surface area contributed by atoms with Crippen molar-refractivity contribution >= 4 is 28.4 Å². The number of aryl methyl sites for hydroxylation is 2. The van der Waals surface area contributed by atoms with Gasteiger partial charge in [0.15, 0.2) is 0 Å². The number of amides is 2. The van der Waals surface area contributed by atoms with E-state index in [-0.39, 0.29) is 11.8 Å². The molecule has 1 aliphatic heterocycles. The molecule has 7 nitrogen and oxygen atoms in total. The average molecular weight is 442 g/mol. The number of hydrogen-bond acceptors (Lipinski definition) is 3. The van der Waals surface area contributed by atoms with Crippen molar-refractivity contribution in [1.29, 1.82) is 0 Å². The number of rotatable bonds is 6. The Kier molecular flexibility index (Phi) is 5.46. The molecular formula is C26H27N5O2. The van der Waals surface area contributed by atoms with E-state index in [9.17, 15) is 9.59 Å². The van der Waals surface area contributed by atoms with Crippen LogP contribution in [0.25, 0.3) is 10.9 Å². The summed E-state index contributed by atoms with van der Waals surface area (Å²) in [6, 6.07) is 17.4. The number of carbonyl (C=O) groups excluding carboxylic acids is 2. The van der Waals surface area contributed by atoms with Crippen LogP contribution < -0.4 is 5.32 Å². The number of carbonyl (C=O) groups is 2. The number of likely N-dealkylation sites (tertiary alicyclic amines) is 1. The van der Waals surface area contributed by atoms with Gasteiger partial charge in [-0.25, -0.2) is 0 Å². The molecule has 0 radical (unpaired) electrons. The predicted octanol–water partition coefficient (Wildman–Crippen LogP) is 4.16. The van der Waals surface area contributed by atoms with Crippen LogP contribution in [0.2, 0.25) is 0 Å². The number of fused-ring (bicyclic) bond motifs is 1. The molecule has 33 heavy (non-hydrogen) atoms. The molecule has 1 unspecified atom stereocenters. The Bertz CT molecular complexity index is 1340. The van der Waals surface area contributed by atoms with E-state index < -0.39 is 6.04 Å². The summed E-state index contributed by atoms with van der Waals surface area (Å²) < 4.78 is 1.95. The molecule has 3 heterocycles. The summed E-state index contributed by atoms with van der Waals surface area (Å²) >= 11 is 0. The van der Waals surface area contributed by atoms with Gasteiger partial charge >= 0.3 is 0 Å². The maximum atomic E-state index is 13.2. The Hall–Kier alpha value is -3.87. The van der Waals surface area contributed by atoms with Crippen LogP contribution in [-0.2, 0) is 22.7 Å². The molecule has 5 rings (SSSR count). The van der Waals surface area contributed by atoms with Gasteiger partial charge in [0, 0.05) is 41.4 Å². The molecule has 2 N–H and O–H groups in total. The minimum absolute atomic E-state index is 0.0127. The first-order chi connectivity index (χ1) is 16.0. The second-order valence-electron chi connectivity index (χ2n) is 8.71. The van der Waals surface area contributed by atoms with Gasteiger partial charge in [0.1, 0.15) is 6.04 Å². The number of aromatic amines is 1. The molecule has 2 amide bonds. The number of aromatic nitrogens is 3. The summed E-state index contributed by atoms with van der Waals surface area (Å²) in [6.07, 6.45) is 2.84. The first kappa shape index (κ1) is 21.0. The topological polar surface area (TPSA) is 83.0 Å². The number of benzene rings is 2. The van der Waals surface area contributed by atoms with E-state index >= 15 is 0 Å². The number of nitrogens with zero attached hydrogens (tertiary/aromatic N) is 3. The minimum atomic E-state index is -0.481. The fourth-order valence-corrected chi connectivity index (χ4v) is 4.63. The van der Waals surface area contributed by atoms with E-state index in [1.165, 1.54) is 0 Å². The fourth-order valence-electron chi connectivity index (χ4n) is 4.63. The molecule has 0 bridgehead atoms. The number of nitrogens with one attached hydrogen (secondary N) is 2. The van der Waals surface area contributed by atoms with Gasteiger partial charge in [-0.2, -0.15) is 5.10 Å². The van der Waals surface area contributed by atoms with E-state index in [0.717, 1.165) is 39.1 Å². The molecule has 1 aliphatic rings. The average Bonchev–Trinajstić information content (AvgIpc) is 3.46. The van der Waals surface area contributed by atoms with Gasteiger partial charge in [-0.15, -0.1) is 0 Å². The smallest absolute Gasteiger partial charge is 0.247 e. The molecule has 0 aliphatic carbocycles. The molecular weight excluding hydrogens is 414 g/mol. The van der Waals surface area contributed by atoms with Gasteiger partial charge in [-0.05, 0) is 55.7 Å². The Balaban J connectivity index is 1.30. The van der Waals surface area contributed by atoms with E-state index in [1.54, 1.807) is 4.90 Å². The highest BCUT2D eigenvalue weighted by atomic mass is 16.2. The van der Waals surface area contributed by atoms with Gasteiger partial charge in [-0.1, -0.05) is 30.3 Å². The SMILES string of the molecule is Cc1cc(C)n(Cc2cccc(NC(=O)C3CCC(=O)N3Cc3c[nH]c4ccccc34)c2)n1. The zero-order valence-electron chi connectivity index (χ0n) is 18.8. The van der Waals surface area contributed by atoms with Crippen molar-refractivity contribution in [3.63, 3.8) is 0 Å². The number of H-pyrrole nitrogens is 1. The van der Waals surface area contributed by atoms with Crippen molar-refractivity contribution in [3.8, 4) is 0 Å². The minimum Gasteiger partial charge on any atom is -0.361 e. The lowest BCUT2D eigenvalue weighted by atomic mass is 10.1. The zero-order valence-corrected chi connectivity index (χ0v) is 18.8. The van der Waals surface area contributed by atoms with Crippen LogP contribution in [0.5, 0.6) is 0 Å². The molecule has 2 aromatic carbocycles. The Morgan fingerprint density at radius 1 is 1.12 bits per heavy atom. The van der Waals surface area contributed by atoms with E-state index in [4.69, 9.17) is 0 Å². The second kappa shape index (κ2) is 8.58. The van der Waals surface area contributed by atoms with Gasteiger partial charge in [0.2, 0.25) is 11.8 Å². The summed E-state index contributed by atoms with van der Waals surface area (Å²) in [5.41, 5.74) is 5.91. The van der Waals surface area contributed by atoms with Gasteiger partial charge in [0.25, 0.3) is 0 Å². The zero-order chi connectivity index (χ0) is 22.9. The van der Waals surface area contributed by atoms with E-state index in [2.05, 4.69) is 15.4 Å². The second-order valence-corrected chi connectivity index (χ2v) is 8.71. The monoisotopic (exact) mass is 441 g/mol. The van der Waals surface area contributed by atoms with Crippen molar-refractivity contribution in [2.45, 2.75) is 45.8 Å². The Labute approximate surface area is 192 Å². The third-order valence-corrected chi connectivity index (χ3v) is 6.28. The Morgan fingerprint density at radius 2 is 1.97 bits per heavy atom. The summed E-state index contributed by atoms with van der Waals surface area (Å²) in [5.74, 6) is -0.136. The first-order valence-corrected chi connectivity index (χ1v) is 11.2. The van der Waals surface area contributed by atoms with Crippen LogP contribution in [0.15, 0.2) is 60.8 Å². The highest BCUT2D eigenvalue weighted by Crippen LogP contribution is 2.26. The molecule has 168 valence electrons. The summed E-state index contributed by atoms with van der Waals surface area (Å²) in [6.45, 7) is 5.06. The van der Waals surface area contributed by atoms with Crippen molar-refractivity contribution in [2.75, 3.05) is 5.32 Å². The van der Waals surface area contributed by atoms with Crippen molar-refractivity contribution < 1.29 is 9.59 Å². The molecule has 1 fully saturated rings. The van der Waals surface area contributed by atoms with E-state index in [0.29, 0.717) is 25.9 Å². The number of anilines is 1. The molecule has 2 aromatic heterocycles. The third kappa shape index (κ3) is 4.26. The predicted molar refractivity (Wildman–Crippen MR) is 128 cm³/mol. The quantitative estimate of drug-likeness (QED) is 0.471. The molecule has 7 heteroatoms. The number of para-hydroxylation sites is 1. The maximum absolute atomic E-state index is 13.2. The lowest BCUT2D eigenvalue weighted by Crippen LogP contribution is -2.41. The molecule has 4 aromatic rings. The van der Waals surface area contributed by atoms with Crippen LogP contribution in [-0.4, -0.2) is 37.5 Å². The lowest BCUT2D eigenvalue weighted by molar-refractivity contribution is -0.133. The summed E-state index contributed by atoms with van der Waals surface area (Å²) in [4.78, 5) is 30.7. The standard InChI is InChI=1S/C26H27N5O2/c1-17-12-18(2)31(29-17)15-19-6-5-7-21(13-19)28-26(33)24-10-11-25(32)30(24)16-20-14-27-23-9-4-3-8-22(20)23/h3-9,12-14,24,27H,10-11,15-16H2,1-2H3,(H,28,33). The number of hydrogen-bond donors (Lipinski definition) is 2. The molecule has 1 saturated heterocycles. The molecule has 1 atom stereocenters. The van der Waals surface area contributed by atoms with Crippen molar-refractivity contribution in [3.05, 3.63) is 83.3 Å². The van der Waals surface area contributed by atoms with Crippen molar-refractivity contribution in [1.82, 2.24) is 19.7 Å². The van der Waals surface area contributed by atoms with Gasteiger partial charge < -0.3 is 15.2 Å². The maximum Gasteiger partial charge on any atom is 0.247 e. The van der Waals surface area contributed by atoms with Crippen LogP contribution >= 0.6 is 0 Å². The van der Waals surface area contributed by atoms with Crippen molar-refractivity contribution in [2.24, 2.45) is 0 Å². The van der Waals surface area contributed by atoms with Crippen LogP contribution in [0, 0.1) is 13.8 Å². The normalized spacial score (nSPS) is 16.0. The highest BCUT2D eigenvalue weighted by Gasteiger charge is 2.36. The largest absolute Gasteiger partial charge is 0.361 e. The van der Waals surface area contributed by atoms with Gasteiger partial charge in [0.05, 0.1) is 12.2 Å². The molecule has 0 spiro atoms. The summed E-state index contributed by atoms with van der Waals surface area (Å²) in [5, 5.41) is 8.62. The van der Waals surface area contributed by atoms with Crippen LogP contribution in [0.4, 0.5) is 5.69 Å². The summed E-state index contributed by atoms with van der Waals surface area (Å²) in [7, 11) is 0. The fraction of sp³-hybridized carbons (Fsp3) is 0.269. The lowest BCUT2D eigenvalue weighted by Gasteiger charge is -2.24. The Morgan fingerprint density at radius 3 is 2.79 bits per heavy atom. The highest BCUT2D eigenvalue weighted by molar-refractivity contribution is 5.99. The van der Waals surface area contributed by atoms with Crippen LogP contribution in [0.1, 0.15) is 35.4 Å².